The molecule has 4 rings (SSSR count). The Balaban J connectivity index is 1.39. The number of halogens is 6. The summed E-state index contributed by atoms with van der Waals surface area (Å²) in [6.07, 6.45) is -7.78. The molecule has 202 valence electrons. The molecule has 1 saturated heterocycles. The van der Waals surface area contributed by atoms with Crippen LogP contribution in [0.5, 0.6) is 5.75 Å². The summed E-state index contributed by atoms with van der Waals surface area (Å²) in [4.78, 5) is 13.3. The predicted molar refractivity (Wildman–Crippen MR) is 124 cm³/mol. The fourth-order valence-electron chi connectivity index (χ4n) is 5.14. The Morgan fingerprint density at radius 2 is 1.68 bits per heavy atom. The van der Waals surface area contributed by atoms with Crippen molar-refractivity contribution in [2.45, 2.75) is 57.6 Å². The lowest BCUT2D eigenvalue weighted by molar-refractivity contribution is -0.142. The van der Waals surface area contributed by atoms with Gasteiger partial charge in [0.25, 0.3) is 0 Å². The Hall–Kier alpha value is -2.75. The van der Waals surface area contributed by atoms with Crippen molar-refractivity contribution < 1.29 is 41.0 Å². The molecule has 1 N–H and O–H groups in total. The van der Waals surface area contributed by atoms with E-state index >= 15 is 0 Å². The average Bonchev–Trinajstić information content (AvgIpc) is 3.59. The summed E-state index contributed by atoms with van der Waals surface area (Å²) in [5.41, 5.74) is -1.67. The minimum Gasteiger partial charge on any atom is -0.490 e. The third-order valence-corrected chi connectivity index (χ3v) is 7.40. The van der Waals surface area contributed by atoms with Gasteiger partial charge in [-0.1, -0.05) is 19.1 Å². The molecule has 4 nitrogen and oxygen atoms in total. The van der Waals surface area contributed by atoms with Crippen molar-refractivity contribution in [2.24, 2.45) is 17.8 Å². The molecule has 1 aliphatic heterocycles. The molecule has 1 unspecified atom stereocenters. The molecular weight excluding hydrogens is 500 g/mol. The summed E-state index contributed by atoms with van der Waals surface area (Å²) in [5.74, 6) is -0.578. The zero-order valence-corrected chi connectivity index (χ0v) is 20.4. The van der Waals surface area contributed by atoms with Crippen LogP contribution >= 0.6 is 0 Å². The number of nitrogens with zero attached hydrogens (tertiary/aromatic N) is 1. The normalized spacial score (nSPS) is 19.7. The molecule has 0 radical (unpaired) electrons. The van der Waals surface area contributed by atoms with Crippen molar-refractivity contribution in [1.82, 2.24) is 4.90 Å². The van der Waals surface area contributed by atoms with Gasteiger partial charge in [-0.2, -0.15) is 26.3 Å². The molecule has 37 heavy (non-hydrogen) atoms. The van der Waals surface area contributed by atoms with Crippen LogP contribution in [-0.2, 0) is 23.7 Å². The Morgan fingerprint density at radius 3 is 2.24 bits per heavy atom. The molecular formula is C27H29F6NO3. The summed E-state index contributed by atoms with van der Waals surface area (Å²) in [7, 11) is 0. The van der Waals surface area contributed by atoms with Crippen LogP contribution in [0.3, 0.4) is 0 Å². The Labute approximate surface area is 211 Å². The number of hydrogen-bond acceptors (Lipinski definition) is 3. The quantitative estimate of drug-likeness (QED) is 0.362. The molecule has 2 aromatic rings. The van der Waals surface area contributed by atoms with Crippen molar-refractivity contribution in [3.8, 4) is 5.75 Å². The summed E-state index contributed by atoms with van der Waals surface area (Å²) >= 11 is 0. The van der Waals surface area contributed by atoms with Crippen LogP contribution in [0.15, 0.2) is 42.5 Å². The van der Waals surface area contributed by atoms with Crippen molar-refractivity contribution in [2.75, 3.05) is 13.1 Å². The first kappa shape index (κ1) is 27.3. The molecule has 1 aliphatic carbocycles. The molecule has 1 saturated carbocycles. The van der Waals surface area contributed by atoms with Crippen LogP contribution in [0.25, 0.3) is 0 Å². The van der Waals surface area contributed by atoms with Gasteiger partial charge in [0, 0.05) is 25.6 Å². The lowest BCUT2D eigenvalue weighted by Gasteiger charge is -2.42. The number of likely N-dealkylation sites (tertiary alicyclic amines) is 1. The van der Waals surface area contributed by atoms with Gasteiger partial charge in [-0.25, -0.2) is 0 Å². The van der Waals surface area contributed by atoms with E-state index in [2.05, 4.69) is 0 Å². The lowest BCUT2D eigenvalue weighted by atomic mass is 9.83. The Morgan fingerprint density at radius 1 is 1.00 bits per heavy atom. The number of ether oxygens (including phenoxy) is 1. The van der Waals surface area contributed by atoms with E-state index < -0.39 is 40.9 Å². The Bertz CT molecular complexity index is 1120. The molecule has 2 fully saturated rings. The van der Waals surface area contributed by atoms with E-state index in [0.717, 1.165) is 18.4 Å². The van der Waals surface area contributed by atoms with Crippen LogP contribution < -0.4 is 4.74 Å². The second-order valence-electron chi connectivity index (χ2n) is 10.2. The second-order valence-corrected chi connectivity index (χ2v) is 10.2. The van der Waals surface area contributed by atoms with Gasteiger partial charge in [-0.15, -0.1) is 0 Å². The van der Waals surface area contributed by atoms with Gasteiger partial charge in [0.1, 0.15) is 11.9 Å². The average molecular weight is 530 g/mol. The maximum atomic E-state index is 13.4. The van der Waals surface area contributed by atoms with Crippen molar-refractivity contribution in [3.63, 3.8) is 0 Å². The number of rotatable bonds is 9. The first-order chi connectivity index (χ1) is 17.2. The van der Waals surface area contributed by atoms with E-state index in [9.17, 15) is 36.2 Å². The zero-order chi connectivity index (χ0) is 27.1. The first-order valence-corrected chi connectivity index (χ1v) is 12.2. The van der Waals surface area contributed by atoms with Crippen molar-refractivity contribution in [1.29, 1.82) is 0 Å². The molecule has 3 atom stereocenters. The van der Waals surface area contributed by atoms with Gasteiger partial charge in [0.15, 0.2) is 0 Å². The molecule has 10 heteroatoms. The molecule has 2 aromatic carbocycles. The smallest absolute Gasteiger partial charge is 0.416 e. The minimum absolute atomic E-state index is 0.0130. The van der Waals surface area contributed by atoms with E-state index in [4.69, 9.17) is 4.74 Å². The highest BCUT2D eigenvalue weighted by Gasteiger charge is 2.40. The highest BCUT2D eigenvalue weighted by molar-refractivity contribution is 5.71. The molecule has 0 aromatic heterocycles. The molecule has 0 amide bonds. The van der Waals surface area contributed by atoms with E-state index in [1.165, 1.54) is 0 Å². The maximum absolute atomic E-state index is 13.4. The highest BCUT2D eigenvalue weighted by atomic mass is 19.4. The lowest BCUT2D eigenvalue weighted by Crippen LogP contribution is -2.52. The standard InChI is InChI=1S/C27H29F6NO3/c1-15(25(35)36)24(17-6-7-17)18-4-3-5-22(11-18)37-16(2)20-13-34(14-20)12-19-10-21(26(28,29)30)8-9-23(19)27(31,32)33/h3-5,8-11,15-17,20,24H,6-7,12-14H2,1-2H3,(H,35,36)/t15-,16?,24-/m0/s1. The van der Waals surface area contributed by atoms with E-state index in [1.807, 2.05) is 25.1 Å². The third kappa shape index (κ3) is 6.40. The van der Waals surface area contributed by atoms with Gasteiger partial charge in [0.05, 0.1) is 17.0 Å². The number of aliphatic carboxylic acids is 1. The summed E-state index contributed by atoms with van der Waals surface area (Å²) in [6.45, 7) is 4.08. The number of alkyl halides is 6. The van der Waals surface area contributed by atoms with Crippen LogP contribution in [0.4, 0.5) is 26.3 Å². The van der Waals surface area contributed by atoms with Gasteiger partial charge in [0.2, 0.25) is 0 Å². The monoisotopic (exact) mass is 529 g/mol. The van der Waals surface area contributed by atoms with Gasteiger partial charge in [-0.05, 0) is 73.1 Å². The first-order valence-electron chi connectivity index (χ1n) is 12.2. The molecule has 0 spiro atoms. The minimum atomic E-state index is -4.75. The van der Waals surface area contributed by atoms with Gasteiger partial charge < -0.3 is 9.84 Å². The Kier molecular flexibility index (Phi) is 7.52. The second kappa shape index (κ2) is 10.2. The fourth-order valence-corrected chi connectivity index (χ4v) is 5.14. The van der Waals surface area contributed by atoms with Gasteiger partial charge >= 0.3 is 18.3 Å². The number of carboxylic acid groups (broad SMARTS) is 1. The maximum Gasteiger partial charge on any atom is 0.416 e. The van der Waals surface area contributed by atoms with E-state index in [-0.39, 0.29) is 24.5 Å². The van der Waals surface area contributed by atoms with E-state index in [1.54, 1.807) is 17.9 Å². The van der Waals surface area contributed by atoms with Crippen LogP contribution in [0.1, 0.15) is 54.9 Å². The van der Waals surface area contributed by atoms with Crippen molar-refractivity contribution in [3.05, 3.63) is 64.7 Å². The molecule has 1 heterocycles. The fraction of sp³-hybridized carbons (Fsp3) is 0.519. The predicted octanol–water partition coefficient (Wildman–Crippen LogP) is 6.84. The summed E-state index contributed by atoms with van der Waals surface area (Å²) < 4.78 is 85.4. The van der Waals surface area contributed by atoms with Crippen LogP contribution in [0.2, 0.25) is 0 Å². The largest absolute Gasteiger partial charge is 0.490 e. The van der Waals surface area contributed by atoms with Crippen LogP contribution in [0, 0.1) is 17.8 Å². The number of hydrogen-bond donors (Lipinski definition) is 1. The highest BCUT2D eigenvalue weighted by Crippen LogP contribution is 2.47. The molecule has 2 aliphatic rings. The molecule has 0 bridgehead atoms. The van der Waals surface area contributed by atoms with Gasteiger partial charge in [-0.3, -0.25) is 9.69 Å². The topological polar surface area (TPSA) is 49.8 Å². The summed E-state index contributed by atoms with van der Waals surface area (Å²) in [6, 6.07) is 8.89. The summed E-state index contributed by atoms with van der Waals surface area (Å²) in [5, 5.41) is 9.51. The number of carboxylic acids is 1. The zero-order valence-electron chi connectivity index (χ0n) is 20.4. The van der Waals surface area contributed by atoms with E-state index in [0.29, 0.717) is 43.0 Å². The third-order valence-electron chi connectivity index (χ3n) is 7.40. The number of benzene rings is 2. The number of carbonyl (C=O) groups is 1. The van der Waals surface area contributed by atoms with Crippen LogP contribution in [-0.4, -0.2) is 35.2 Å². The SMILES string of the molecule is CC(Oc1cccc([C@H](C2CC2)[C@H](C)C(=O)O)c1)C1CN(Cc2cc(C(F)(F)F)ccc2C(F)(F)F)C1. The van der Waals surface area contributed by atoms with Crippen molar-refractivity contribution >= 4 is 5.97 Å².